The minimum atomic E-state index is -0.536. The molecule has 0 unspecified atom stereocenters. The topological polar surface area (TPSA) is 38.8 Å². The Morgan fingerprint density at radius 2 is 1.67 bits per heavy atom. The average molecular weight is 365 g/mol. The van der Waals surface area contributed by atoms with E-state index in [1.54, 1.807) is 0 Å². The molecule has 2 aromatic carbocycles. The van der Waals surface area contributed by atoms with Crippen molar-refractivity contribution in [3.8, 4) is 0 Å². The fraction of sp³-hybridized carbons (Fsp3) is 0.435. The molecule has 1 heterocycles. The number of hydrogen-bond acceptors (Lipinski definition) is 3. The first-order chi connectivity index (χ1) is 13.2. The Morgan fingerprint density at radius 1 is 1.04 bits per heavy atom. The maximum absolute atomic E-state index is 13.1. The van der Waals surface area contributed by atoms with Crippen molar-refractivity contribution in [3.05, 3.63) is 71.8 Å². The standard InChI is InChI=1S/C23H27NO3/c1-18-21(20-13-7-3-8-14-20)27-23(15-9-4-10-16-23)24(18)22(25)26-17-19-11-5-2-6-12-19/h2-3,5-8,11-14,18,21H,4,9-10,15-17H2,1H3/t18-,21-/m1/s1. The number of carbonyl (C=O) groups is 1. The molecule has 2 fully saturated rings. The Morgan fingerprint density at radius 3 is 2.33 bits per heavy atom. The summed E-state index contributed by atoms with van der Waals surface area (Å²) < 4.78 is 12.3. The third-order valence-electron chi connectivity index (χ3n) is 5.80. The highest BCUT2D eigenvalue weighted by atomic mass is 16.6. The first-order valence-electron chi connectivity index (χ1n) is 9.92. The quantitative estimate of drug-likeness (QED) is 0.726. The van der Waals surface area contributed by atoms with Crippen molar-refractivity contribution in [3.63, 3.8) is 0 Å². The zero-order chi connectivity index (χ0) is 18.7. The zero-order valence-corrected chi connectivity index (χ0v) is 15.8. The van der Waals surface area contributed by atoms with E-state index >= 15 is 0 Å². The minimum absolute atomic E-state index is 0.0613. The van der Waals surface area contributed by atoms with Gasteiger partial charge in [-0.05, 0) is 43.7 Å². The lowest BCUT2D eigenvalue weighted by Crippen LogP contribution is -2.52. The number of hydrogen-bond donors (Lipinski definition) is 0. The molecule has 2 aromatic rings. The summed E-state index contributed by atoms with van der Waals surface area (Å²) in [5.74, 6) is 0. The van der Waals surface area contributed by atoms with Crippen LogP contribution in [-0.2, 0) is 16.1 Å². The molecule has 0 N–H and O–H groups in total. The smallest absolute Gasteiger partial charge is 0.412 e. The molecule has 2 aliphatic rings. The third-order valence-corrected chi connectivity index (χ3v) is 5.80. The number of amides is 1. The van der Waals surface area contributed by atoms with Crippen LogP contribution in [0.3, 0.4) is 0 Å². The predicted molar refractivity (Wildman–Crippen MR) is 104 cm³/mol. The molecule has 2 atom stereocenters. The van der Waals surface area contributed by atoms with Crippen LogP contribution in [0.2, 0.25) is 0 Å². The Hall–Kier alpha value is -2.33. The molecule has 4 heteroatoms. The van der Waals surface area contributed by atoms with Gasteiger partial charge in [0.25, 0.3) is 0 Å². The monoisotopic (exact) mass is 365 g/mol. The maximum Gasteiger partial charge on any atom is 0.412 e. The van der Waals surface area contributed by atoms with E-state index in [1.807, 2.05) is 53.4 Å². The number of carbonyl (C=O) groups excluding carboxylic acids is 1. The van der Waals surface area contributed by atoms with E-state index in [9.17, 15) is 4.79 Å². The second kappa shape index (κ2) is 7.73. The molecule has 1 aliphatic heterocycles. The Bertz CT molecular complexity index is 756. The van der Waals surface area contributed by atoms with Crippen molar-refractivity contribution in [1.82, 2.24) is 4.90 Å². The van der Waals surface area contributed by atoms with Gasteiger partial charge in [-0.25, -0.2) is 4.79 Å². The maximum atomic E-state index is 13.1. The molecular formula is C23H27NO3. The van der Waals surface area contributed by atoms with Gasteiger partial charge in [0.15, 0.2) is 0 Å². The summed E-state index contributed by atoms with van der Waals surface area (Å²) in [5, 5.41) is 0. The summed E-state index contributed by atoms with van der Waals surface area (Å²) >= 11 is 0. The summed E-state index contributed by atoms with van der Waals surface area (Å²) in [6, 6.07) is 20.0. The molecule has 1 spiro atoms. The van der Waals surface area contributed by atoms with Crippen molar-refractivity contribution >= 4 is 6.09 Å². The van der Waals surface area contributed by atoms with E-state index in [0.717, 1.165) is 36.8 Å². The molecule has 0 radical (unpaired) electrons. The van der Waals surface area contributed by atoms with Crippen molar-refractivity contribution < 1.29 is 14.3 Å². The van der Waals surface area contributed by atoms with E-state index in [4.69, 9.17) is 9.47 Å². The molecule has 4 rings (SSSR count). The molecule has 1 saturated carbocycles. The van der Waals surface area contributed by atoms with Crippen LogP contribution >= 0.6 is 0 Å². The largest absolute Gasteiger partial charge is 0.444 e. The lowest BCUT2D eigenvalue weighted by molar-refractivity contribution is -0.120. The number of nitrogens with zero attached hydrogens (tertiary/aromatic N) is 1. The zero-order valence-electron chi connectivity index (χ0n) is 15.8. The van der Waals surface area contributed by atoms with Crippen molar-refractivity contribution in [2.45, 2.75) is 63.5 Å². The molecule has 27 heavy (non-hydrogen) atoms. The van der Waals surface area contributed by atoms with Gasteiger partial charge in [0.2, 0.25) is 0 Å². The van der Waals surface area contributed by atoms with Crippen molar-refractivity contribution in [1.29, 1.82) is 0 Å². The summed E-state index contributed by atoms with van der Waals surface area (Å²) in [5.41, 5.74) is 1.58. The molecule has 142 valence electrons. The van der Waals surface area contributed by atoms with Crippen LogP contribution in [0.25, 0.3) is 0 Å². The highest BCUT2D eigenvalue weighted by Crippen LogP contribution is 2.48. The molecule has 4 nitrogen and oxygen atoms in total. The Labute approximate surface area is 161 Å². The Balaban J connectivity index is 1.56. The highest BCUT2D eigenvalue weighted by Gasteiger charge is 2.54. The van der Waals surface area contributed by atoms with Crippen LogP contribution in [-0.4, -0.2) is 22.8 Å². The van der Waals surface area contributed by atoms with E-state index in [1.165, 1.54) is 6.42 Å². The van der Waals surface area contributed by atoms with Crippen molar-refractivity contribution in [2.24, 2.45) is 0 Å². The minimum Gasteiger partial charge on any atom is -0.444 e. The van der Waals surface area contributed by atoms with E-state index in [-0.39, 0.29) is 24.8 Å². The third kappa shape index (κ3) is 3.59. The van der Waals surface area contributed by atoms with Gasteiger partial charge in [-0.3, -0.25) is 4.90 Å². The van der Waals surface area contributed by atoms with Gasteiger partial charge in [0.05, 0.1) is 6.04 Å². The molecular weight excluding hydrogens is 338 g/mol. The summed E-state index contributed by atoms with van der Waals surface area (Å²) in [6.45, 7) is 2.36. The number of rotatable bonds is 3. The predicted octanol–water partition coefficient (Wildman–Crippen LogP) is 5.45. The fourth-order valence-electron chi connectivity index (χ4n) is 4.47. The number of benzene rings is 2. The van der Waals surface area contributed by atoms with Gasteiger partial charge in [-0.2, -0.15) is 0 Å². The van der Waals surface area contributed by atoms with Gasteiger partial charge in [-0.15, -0.1) is 0 Å². The second-order valence-electron chi connectivity index (χ2n) is 7.61. The van der Waals surface area contributed by atoms with E-state index in [2.05, 4.69) is 19.1 Å². The fourth-order valence-corrected chi connectivity index (χ4v) is 4.47. The van der Waals surface area contributed by atoms with E-state index in [0.29, 0.717) is 0 Å². The van der Waals surface area contributed by atoms with Gasteiger partial charge in [-0.1, -0.05) is 67.1 Å². The van der Waals surface area contributed by atoms with Gasteiger partial charge < -0.3 is 9.47 Å². The van der Waals surface area contributed by atoms with E-state index < -0.39 is 5.72 Å². The van der Waals surface area contributed by atoms with Crippen LogP contribution < -0.4 is 0 Å². The second-order valence-corrected chi connectivity index (χ2v) is 7.61. The van der Waals surface area contributed by atoms with Crippen LogP contribution in [0.5, 0.6) is 0 Å². The Kier molecular flexibility index (Phi) is 5.17. The van der Waals surface area contributed by atoms with Gasteiger partial charge >= 0.3 is 6.09 Å². The first kappa shape index (κ1) is 18.1. The summed E-state index contributed by atoms with van der Waals surface area (Å²) in [7, 11) is 0. The van der Waals surface area contributed by atoms with Crippen LogP contribution in [0.15, 0.2) is 60.7 Å². The number of ether oxygens (including phenoxy) is 2. The lowest BCUT2D eigenvalue weighted by Gasteiger charge is -2.40. The molecule has 1 saturated heterocycles. The SMILES string of the molecule is C[C@@H]1[C@H](c2ccccc2)OC2(CCCCC2)N1C(=O)OCc1ccccc1. The normalized spacial score (nSPS) is 24.1. The van der Waals surface area contributed by atoms with Gasteiger partial charge in [0.1, 0.15) is 18.4 Å². The van der Waals surface area contributed by atoms with Crippen molar-refractivity contribution in [2.75, 3.05) is 0 Å². The van der Waals surface area contributed by atoms with Gasteiger partial charge in [0, 0.05) is 0 Å². The average Bonchev–Trinajstić information content (AvgIpc) is 3.00. The summed E-state index contributed by atoms with van der Waals surface area (Å²) in [6.07, 6.45) is 4.72. The molecule has 0 bridgehead atoms. The lowest BCUT2D eigenvalue weighted by atomic mass is 9.90. The highest BCUT2D eigenvalue weighted by molar-refractivity contribution is 5.69. The molecule has 1 amide bonds. The first-order valence-corrected chi connectivity index (χ1v) is 9.92. The summed E-state index contributed by atoms with van der Waals surface area (Å²) in [4.78, 5) is 15.0. The molecule has 1 aliphatic carbocycles. The van der Waals surface area contributed by atoms with Crippen LogP contribution in [0.4, 0.5) is 4.79 Å². The molecule has 0 aromatic heterocycles. The van der Waals surface area contributed by atoms with Crippen LogP contribution in [0.1, 0.15) is 56.3 Å². The van der Waals surface area contributed by atoms with Crippen LogP contribution in [0, 0.1) is 0 Å².